The van der Waals surface area contributed by atoms with Crippen LogP contribution >= 0.6 is 0 Å². The van der Waals surface area contributed by atoms with E-state index in [0.717, 1.165) is 11.3 Å². The van der Waals surface area contributed by atoms with Crippen molar-refractivity contribution in [1.29, 1.82) is 0 Å². The Kier molecular flexibility index (Phi) is 4.33. The van der Waals surface area contributed by atoms with Crippen LogP contribution < -0.4 is 10.5 Å². The fourth-order valence-electron chi connectivity index (χ4n) is 1.63. The van der Waals surface area contributed by atoms with Crippen molar-refractivity contribution >= 4 is 0 Å². The first-order valence-corrected chi connectivity index (χ1v) is 5.58. The van der Waals surface area contributed by atoms with E-state index in [1.165, 1.54) is 5.56 Å². The van der Waals surface area contributed by atoms with Crippen LogP contribution in [0, 0.1) is 0 Å². The summed E-state index contributed by atoms with van der Waals surface area (Å²) in [5.74, 6) is 1.17. The fraction of sp³-hybridized carbons (Fsp3) is 0.538. The van der Waals surface area contributed by atoms with E-state index in [4.69, 9.17) is 10.5 Å². The van der Waals surface area contributed by atoms with Crippen molar-refractivity contribution in [2.75, 3.05) is 7.11 Å². The van der Waals surface area contributed by atoms with Gasteiger partial charge in [-0.15, -0.1) is 0 Å². The molecule has 1 rings (SSSR count). The van der Waals surface area contributed by atoms with Crippen LogP contribution in [0.25, 0.3) is 0 Å². The Morgan fingerprint density at radius 2 is 1.88 bits per heavy atom. The lowest BCUT2D eigenvalue weighted by atomic mass is 9.95. The molecule has 0 saturated carbocycles. The quantitative estimate of drug-likeness (QED) is 0.822. The molecule has 0 aliphatic heterocycles. The van der Waals surface area contributed by atoms with Crippen molar-refractivity contribution < 1.29 is 9.84 Å². The average molecular weight is 223 g/mol. The maximum Gasteiger partial charge on any atom is 0.123 e. The molecular weight excluding hydrogens is 202 g/mol. The molecule has 16 heavy (non-hydrogen) atoms. The summed E-state index contributed by atoms with van der Waals surface area (Å²) >= 11 is 0. The largest absolute Gasteiger partial charge is 0.496 e. The van der Waals surface area contributed by atoms with Crippen molar-refractivity contribution in [2.45, 2.75) is 38.8 Å². The molecular formula is C13H21NO2. The van der Waals surface area contributed by atoms with Crippen LogP contribution in [0.15, 0.2) is 18.2 Å². The first kappa shape index (κ1) is 13.0. The van der Waals surface area contributed by atoms with Crippen LogP contribution in [0.3, 0.4) is 0 Å². The van der Waals surface area contributed by atoms with Gasteiger partial charge in [-0.1, -0.05) is 26.0 Å². The highest BCUT2D eigenvalue weighted by molar-refractivity contribution is 5.40. The number of hydrogen-bond acceptors (Lipinski definition) is 3. The van der Waals surface area contributed by atoms with Gasteiger partial charge >= 0.3 is 0 Å². The van der Waals surface area contributed by atoms with Crippen LogP contribution in [0.2, 0.25) is 0 Å². The summed E-state index contributed by atoms with van der Waals surface area (Å²) in [4.78, 5) is 0. The van der Waals surface area contributed by atoms with E-state index >= 15 is 0 Å². The number of ether oxygens (including phenoxy) is 1. The second-order valence-corrected chi connectivity index (χ2v) is 4.42. The Hall–Kier alpha value is -1.06. The molecule has 3 nitrogen and oxygen atoms in total. The monoisotopic (exact) mass is 223 g/mol. The van der Waals surface area contributed by atoms with E-state index in [1.54, 1.807) is 14.0 Å². The minimum Gasteiger partial charge on any atom is -0.496 e. The summed E-state index contributed by atoms with van der Waals surface area (Å²) in [5.41, 5.74) is 8.02. The Labute approximate surface area is 97.2 Å². The maximum absolute atomic E-state index is 9.54. The van der Waals surface area contributed by atoms with Crippen LogP contribution in [0.1, 0.15) is 43.9 Å². The normalized spacial score (nSPS) is 14.9. The Balaban J connectivity index is 3.16. The molecule has 0 radical (unpaired) electrons. The number of hydrogen-bond donors (Lipinski definition) is 2. The first-order chi connectivity index (χ1) is 7.47. The molecule has 0 unspecified atom stereocenters. The molecule has 1 aromatic rings. The van der Waals surface area contributed by atoms with Crippen molar-refractivity contribution in [1.82, 2.24) is 0 Å². The topological polar surface area (TPSA) is 55.5 Å². The molecule has 0 amide bonds. The van der Waals surface area contributed by atoms with Gasteiger partial charge in [0.2, 0.25) is 0 Å². The number of methoxy groups -OCH3 is 1. The summed E-state index contributed by atoms with van der Waals surface area (Å²) in [7, 11) is 1.61. The third kappa shape index (κ3) is 2.74. The van der Waals surface area contributed by atoms with E-state index in [9.17, 15) is 5.11 Å². The van der Waals surface area contributed by atoms with Gasteiger partial charge in [0.25, 0.3) is 0 Å². The Morgan fingerprint density at radius 1 is 1.25 bits per heavy atom. The van der Waals surface area contributed by atoms with Crippen molar-refractivity contribution in [3.05, 3.63) is 29.3 Å². The van der Waals surface area contributed by atoms with Gasteiger partial charge in [0.1, 0.15) is 5.75 Å². The fourth-order valence-corrected chi connectivity index (χ4v) is 1.63. The number of aliphatic hydroxyl groups excluding tert-OH is 1. The molecule has 1 aromatic carbocycles. The van der Waals surface area contributed by atoms with Gasteiger partial charge in [0.05, 0.1) is 19.3 Å². The molecule has 90 valence electrons. The Morgan fingerprint density at radius 3 is 2.31 bits per heavy atom. The lowest BCUT2D eigenvalue weighted by molar-refractivity contribution is 0.162. The molecule has 0 aliphatic rings. The number of benzene rings is 1. The van der Waals surface area contributed by atoms with Crippen molar-refractivity contribution in [3.63, 3.8) is 0 Å². The predicted molar refractivity (Wildman–Crippen MR) is 65.7 cm³/mol. The molecule has 0 saturated heterocycles. The molecule has 0 spiro atoms. The zero-order chi connectivity index (χ0) is 12.3. The molecule has 2 atom stereocenters. The van der Waals surface area contributed by atoms with Gasteiger partial charge < -0.3 is 15.6 Å². The Bertz CT molecular complexity index is 348. The van der Waals surface area contributed by atoms with Crippen molar-refractivity contribution in [2.24, 2.45) is 5.73 Å². The highest BCUT2D eigenvalue weighted by atomic mass is 16.5. The summed E-state index contributed by atoms with van der Waals surface area (Å²) < 4.78 is 5.26. The van der Waals surface area contributed by atoms with E-state index in [1.807, 2.05) is 18.2 Å². The second-order valence-electron chi connectivity index (χ2n) is 4.42. The maximum atomic E-state index is 9.54. The summed E-state index contributed by atoms with van der Waals surface area (Å²) in [6.45, 7) is 5.94. The van der Waals surface area contributed by atoms with Crippen LogP contribution in [-0.2, 0) is 0 Å². The third-order valence-electron chi connectivity index (χ3n) is 2.80. The average Bonchev–Trinajstić information content (AvgIpc) is 2.26. The van der Waals surface area contributed by atoms with E-state index in [0.29, 0.717) is 5.92 Å². The van der Waals surface area contributed by atoms with Gasteiger partial charge in [-0.3, -0.25) is 0 Å². The smallest absolute Gasteiger partial charge is 0.123 e. The van der Waals surface area contributed by atoms with Gasteiger partial charge in [-0.25, -0.2) is 0 Å². The number of nitrogens with two attached hydrogens (primary N) is 1. The zero-order valence-electron chi connectivity index (χ0n) is 10.4. The summed E-state index contributed by atoms with van der Waals surface area (Å²) in [6.07, 6.45) is -0.587. The first-order valence-electron chi connectivity index (χ1n) is 5.58. The molecule has 3 N–H and O–H groups in total. The van der Waals surface area contributed by atoms with Crippen LogP contribution in [0.5, 0.6) is 5.75 Å². The third-order valence-corrected chi connectivity index (χ3v) is 2.80. The van der Waals surface area contributed by atoms with E-state index < -0.39 is 12.1 Å². The van der Waals surface area contributed by atoms with Crippen LogP contribution in [-0.4, -0.2) is 18.3 Å². The highest BCUT2D eigenvalue weighted by Crippen LogP contribution is 2.29. The standard InChI is InChI=1S/C13H21NO2/c1-8(2)10-5-6-12(16-4)11(7-10)13(14)9(3)15/h5-9,13,15H,14H2,1-4H3/t9-,13-/m1/s1. The molecule has 0 bridgehead atoms. The highest BCUT2D eigenvalue weighted by Gasteiger charge is 2.17. The minimum atomic E-state index is -0.587. The zero-order valence-corrected chi connectivity index (χ0v) is 10.4. The molecule has 0 fully saturated rings. The second kappa shape index (κ2) is 5.32. The summed E-state index contributed by atoms with van der Waals surface area (Å²) in [6, 6.07) is 5.55. The molecule has 3 heteroatoms. The van der Waals surface area contributed by atoms with Crippen molar-refractivity contribution in [3.8, 4) is 5.75 Å². The SMILES string of the molecule is COc1ccc(C(C)C)cc1[C@H](N)[C@@H](C)O. The van der Waals surface area contributed by atoms with Crippen LogP contribution in [0.4, 0.5) is 0 Å². The molecule has 0 aromatic heterocycles. The lowest BCUT2D eigenvalue weighted by Gasteiger charge is -2.20. The molecule has 0 heterocycles. The number of rotatable bonds is 4. The predicted octanol–water partition coefficient (Wildman–Crippen LogP) is 2.20. The lowest BCUT2D eigenvalue weighted by Crippen LogP contribution is -2.24. The van der Waals surface area contributed by atoms with Gasteiger partial charge in [0.15, 0.2) is 0 Å². The van der Waals surface area contributed by atoms with Gasteiger partial charge in [-0.2, -0.15) is 0 Å². The van der Waals surface area contributed by atoms with Gasteiger partial charge in [0, 0.05) is 5.56 Å². The minimum absolute atomic E-state index is 0.409. The molecule has 0 aliphatic carbocycles. The van der Waals surface area contributed by atoms with Gasteiger partial charge in [-0.05, 0) is 24.5 Å². The van der Waals surface area contributed by atoms with E-state index in [2.05, 4.69) is 13.8 Å². The summed E-state index contributed by atoms with van der Waals surface area (Å²) in [5, 5.41) is 9.54. The van der Waals surface area contributed by atoms with E-state index in [-0.39, 0.29) is 0 Å². The number of aliphatic hydroxyl groups is 1.